The number of hydrogen-bond donors (Lipinski definition) is 2. The molecule has 2 saturated heterocycles. The van der Waals surface area contributed by atoms with Gasteiger partial charge in [0.25, 0.3) is 5.91 Å². The molecule has 0 saturated carbocycles. The molecule has 0 bridgehead atoms. The van der Waals surface area contributed by atoms with Crippen LogP contribution in [-0.4, -0.2) is 53.4 Å². The van der Waals surface area contributed by atoms with Crippen LogP contribution < -0.4 is 10.6 Å². The Morgan fingerprint density at radius 3 is 2.57 bits per heavy atom. The second kappa shape index (κ2) is 7.10. The summed E-state index contributed by atoms with van der Waals surface area (Å²) in [7, 11) is 0. The molecule has 2 aliphatic rings. The summed E-state index contributed by atoms with van der Waals surface area (Å²) in [4.78, 5) is 21.0. The van der Waals surface area contributed by atoms with Crippen LogP contribution in [0.4, 0.5) is 5.95 Å². The van der Waals surface area contributed by atoms with E-state index < -0.39 is 0 Å². The summed E-state index contributed by atoms with van der Waals surface area (Å²) >= 11 is 0. The van der Waals surface area contributed by atoms with Crippen LogP contribution in [0.25, 0.3) is 11.5 Å². The van der Waals surface area contributed by atoms with E-state index in [0.717, 1.165) is 0 Å². The van der Waals surface area contributed by atoms with Crippen LogP contribution in [0.1, 0.15) is 10.6 Å². The Bertz CT molecular complexity index is 943. The lowest BCUT2D eigenvalue weighted by molar-refractivity contribution is 0.0646. The second-order valence-electron chi connectivity index (χ2n) is 6.65. The van der Waals surface area contributed by atoms with Crippen molar-refractivity contribution in [2.45, 2.75) is 24.3 Å². The molecule has 5 rings (SSSR count). The Morgan fingerprint density at radius 2 is 1.79 bits per heavy atom. The number of ether oxygens (including phenoxy) is 2. The van der Waals surface area contributed by atoms with Crippen LogP contribution in [0.5, 0.6) is 0 Å². The van der Waals surface area contributed by atoms with Crippen molar-refractivity contribution in [1.29, 1.82) is 0 Å². The van der Waals surface area contributed by atoms with Crippen LogP contribution in [0, 0.1) is 0 Å². The second-order valence-corrected chi connectivity index (χ2v) is 6.65. The SMILES string of the molecule is O=C(N[C@H]1CO[C@H]2[C@H]1OC[C@H]2Nc1nccc(-c2ccco2)n1)c1ccco1. The molecule has 9 heteroatoms. The molecule has 28 heavy (non-hydrogen) atoms. The standard InChI is InChI=1S/C19H18N4O5/c24-18(15-4-2-8-26-15)21-12-9-27-17-13(10-28-16(12)17)23-19-20-6-5-11(22-19)14-3-1-7-25-14/h1-8,12-13,16-17H,9-10H2,(H,21,24)(H,20,22,23)/t12-,13+,16-,17+/m0/s1. The third-order valence-electron chi connectivity index (χ3n) is 4.86. The molecule has 9 nitrogen and oxygen atoms in total. The van der Waals surface area contributed by atoms with Gasteiger partial charge in [0.05, 0.1) is 37.8 Å². The van der Waals surface area contributed by atoms with Crippen molar-refractivity contribution >= 4 is 11.9 Å². The zero-order valence-corrected chi connectivity index (χ0v) is 14.8. The van der Waals surface area contributed by atoms with Gasteiger partial charge in [-0.15, -0.1) is 0 Å². The number of hydrogen-bond acceptors (Lipinski definition) is 8. The number of furan rings is 2. The minimum Gasteiger partial charge on any atom is -0.463 e. The Balaban J connectivity index is 1.24. The number of nitrogens with one attached hydrogen (secondary N) is 2. The van der Waals surface area contributed by atoms with Gasteiger partial charge in [-0.2, -0.15) is 0 Å². The van der Waals surface area contributed by atoms with E-state index in [0.29, 0.717) is 30.6 Å². The van der Waals surface area contributed by atoms with E-state index in [9.17, 15) is 4.79 Å². The van der Waals surface area contributed by atoms with Crippen molar-refractivity contribution in [1.82, 2.24) is 15.3 Å². The predicted molar refractivity (Wildman–Crippen MR) is 96.6 cm³/mol. The van der Waals surface area contributed by atoms with Gasteiger partial charge in [-0.25, -0.2) is 9.97 Å². The fourth-order valence-electron chi connectivity index (χ4n) is 3.55. The van der Waals surface area contributed by atoms with Gasteiger partial charge >= 0.3 is 0 Å². The minimum atomic E-state index is -0.284. The van der Waals surface area contributed by atoms with Crippen LogP contribution in [-0.2, 0) is 9.47 Å². The summed E-state index contributed by atoms with van der Waals surface area (Å²) in [6, 6.07) is 8.35. The summed E-state index contributed by atoms with van der Waals surface area (Å²) in [5, 5.41) is 6.18. The zero-order valence-electron chi connectivity index (χ0n) is 14.8. The van der Waals surface area contributed by atoms with Gasteiger partial charge in [0.1, 0.15) is 17.9 Å². The third kappa shape index (κ3) is 3.14. The maximum Gasteiger partial charge on any atom is 0.287 e. The summed E-state index contributed by atoms with van der Waals surface area (Å²) in [6.07, 6.45) is 4.28. The van der Waals surface area contributed by atoms with Gasteiger partial charge in [-0.05, 0) is 30.3 Å². The number of amides is 1. The Labute approximate surface area is 160 Å². The number of aromatic nitrogens is 2. The van der Waals surface area contributed by atoms with Gasteiger partial charge < -0.3 is 28.9 Å². The van der Waals surface area contributed by atoms with Crippen molar-refractivity contribution < 1.29 is 23.1 Å². The lowest BCUT2D eigenvalue weighted by Crippen LogP contribution is -2.44. The Hall–Kier alpha value is -3.17. The highest BCUT2D eigenvalue weighted by atomic mass is 16.6. The monoisotopic (exact) mass is 382 g/mol. The van der Waals surface area contributed by atoms with Crippen LogP contribution in [0.15, 0.2) is 57.9 Å². The Morgan fingerprint density at radius 1 is 1.00 bits per heavy atom. The summed E-state index contributed by atoms with van der Waals surface area (Å²) in [6.45, 7) is 0.796. The quantitative estimate of drug-likeness (QED) is 0.686. The molecule has 2 aliphatic heterocycles. The molecular formula is C19H18N4O5. The smallest absolute Gasteiger partial charge is 0.287 e. The van der Waals surface area contributed by atoms with E-state index in [1.54, 1.807) is 30.7 Å². The average Bonchev–Trinajstić information content (AvgIpc) is 3.50. The van der Waals surface area contributed by atoms with Gasteiger partial charge in [-0.1, -0.05) is 0 Å². The van der Waals surface area contributed by atoms with Crippen LogP contribution >= 0.6 is 0 Å². The molecule has 2 fully saturated rings. The first-order valence-corrected chi connectivity index (χ1v) is 8.99. The average molecular weight is 382 g/mol. The predicted octanol–water partition coefficient (Wildman–Crippen LogP) is 1.71. The maximum atomic E-state index is 12.2. The highest BCUT2D eigenvalue weighted by Gasteiger charge is 2.48. The van der Waals surface area contributed by atoms with Crippen molar-refractivity contribution in [2.75, 3.05) is 18.5 Å². The molecule has 5 heterocycles. The lowest BCUT2D eigenvalue weighted by Gasteiger charge is -2.18. The number of anilines is 1. The molecule has 0 spiro atoms. The number of fused-ring (bicyclic) bond motifs is 1. The van der Waals surface area contributed by atoms with Gasteiger partial charge in [-0.3, -0.25) is 4.79 Å². The molecular weight excluding hydrogens is 364 g/mol. The molecule has 144 valence electrons. The fourth-order valence-corrected chi connectivity index (χ4v) is 3.55. The van der Waals surface area contributed by atoms with E-state index >= 15 is 0 Å². The number of carbonyl (C=O) groups excluding carboxylic acids is 1. The molecule has 4 atom stereocenters. The van der Waals surface area contributed by atoms with E-state index in [2.05, 4.69) is 20.6 Å². The molecule has 0 radical (unpaired) electrons. The first-order valence-electron chi connectivity index (χ1n) is 8.99. The zero-order chi connectivity index (χ0) is 18.9. The number of nitrogens with zero attached hydrogens (tertiary/aromatic N) is 2. The van der Waals surface area contributed by atoms with Crippen molar-refractivity contribution in [3.8, 4) is 11.5 Å². The molecule has 0 aromatic carbocycles. The van der Waals surface area contributed by atoms with E-state index in [1.807, 2.05) is 12.1 Å². The highest BCUT2D eigenvalue weighted by Crippen LogP contribution is 2.29. The first-order chi connectivity index (χ1) is 13.8. The minimum absolute atomic E-state index is 0.123. The van der Waals surface area contributed by atoms with Crippen molar-refractivity contribution in [2.24, 2.45) is 0 Å². The molecule has 3 aromatic heterocycles. The van der Waals surface area contributed by atoms with Gasteiger partial charge in [0.15, 0.2) is 11.5 Å². The Kier molecular flexibility index (Phi) is 4.30. The van der Waals surface area contributed by atoms with Crippen LogP contribution in [0.3, 0.4) is 0 Å². The van der Waals surface area contributed by atoms with Crippen LogP contribution in [0.2, 0.25) is 0 Å². The highest BCUT2D eigenvalue weighted by molar-refractivity contribution is 5.91. The first kappa shape index (κ1) is 17.0. The molecule has 2 N–H and O–H groups in total. The summed E-state index contributed by atoms with van der Waals surface area (Å²) in [5.74, 6) is 1.12. The van der Waals surface area contributed by atoms with Gasteiger partial charge in [0.2, 0.25) is 5.95 Å². The molecule has 1 amide bonds. The van der Waals surface area contributed by atoms with Crippen molar-refractivity contribution in [3.05, 3.63) is 54.8 Å². The van der Waals surface area contributed by atoms with E-state index in [4.69, 9.17) is 18.3 Å². The summed E-state index contributed by atoms with van der Waals surface area (Å²) in [5.41, 5.74) is 0.689. The lowest BCUT2D eigenvalue weighted by atomic mass is 10.1. The van der Waals surface area contributed by atoms with Crippen molar-refractivity contribution in [3.63, 3.8) is 0 Å². The normalized spacial score (nSPS) is 26.1. The maximum absolute atomic E-state index is 12.2. The largest absolute Gasteiger partial charge is 0.463 e. The number of carbonyl (C=O) groups is 1. The molecule has 0 unspecified atom stereocenters. The van der Waals surface area contributed by atoms with E-state index in [1.165, 1.54) is 6.26 Å². The summed E-state index contributed by atoms with van der Waals surface area (Å²) < 4.78 is 22.3. The molecule has 3 aromatic rings. The van der Waals surface area contributed by atoms with E-state index in [-0.39, 0.29) is 36.0 Å². The third-order valence-corrected chi connectivity index (χ3v) is 4.86. The van der Waals surface area contributed by atoms with Gasteiger partial charge in [0, 0.05) is 6.20 Å². The number of rotatable bonds is 5. The topological polar surface area (TPSA) is 112 Å². The molecule has 0 aliphatic carbocycles. The fraction of sp³-hybridized carbons (Fsp3) is 0.316.